The van der Waals surface area contributed by atoms with Crippen LogP contribution in [0.25, 0.3) is 10.6 Å². The number of furan rings is 1. The molecule has 0 aliphatic rings. The van der Waals surface area contributed by atoms with Crippen LogP contribution in [0.4, 0.5) is 0 Å². The number of aryl methyl sites for hydroxylation is 1. The average molecular weight is 299 g/mol. The van der Waals surface area contributed by atoms with E-state index in [-0.39, 0.29) is 6.04 Å². The number of benzene rings is 1. The van der Waals surface area contributed by atoms with E-state index in [1.165, 1.54) is 5.56 Å². The quantitative estimate of drug-likeness (QED) is 0.778. The van der Waals surface area contributed by atoms with Gasteiger partial charge in [-0.15, -0.1) is 10.2 Å². The van der Waals surface area contributed by atoms with Crippen molar-refractivity contribution in [3.63, 3.8) is 0 Å². The van der Waals surface area contributed by atoms with Crippen molar-refractivity contribution in [3.8, 4) is 10.6 Å². The van der Waals surface area contributed by atoms with Gasteiger partial charge in [-0.1, -0.05) is 48.6 Å². The second kappa shape index (κ2) is 6.20. The van der Waals surface area contributed by atoms with Crippen LogP contribution in [0.1, 0.15) is 29.3 Å². The molecule has 1 N–H and O–H groups in total. The fourth-order valence-corrected chi connectivity index (χ4v) is 3.28. The number of nitrogens with zero attached hydrogens (tertiary/aromatic N) is 2. The van der Waals surface area contributed by atoms with E-state index in [0.717, 1.165) is 27.9 Å². The van der Waals surface area contributed by atoms with E-state index >= 15 is 0 Å². The predicted molar refractivity (Wildman–Crippen MR) is 84.3 cm³/mol. The van der Waals surface area contributed by atoms with Crippen LogP contribution in [0.3, 0.4) is 0 Å². The fraction of sp³-hybridized carbons (Fsp3) is 0.250. The van der Waals surface area contributed by atoms with E-state index in [2.05, 4.69) is 34.6 Å². The zero-order valence-corrected chi connectivity index (χ0v) is 12.9. The van der Waals surface area contributed by atoms with E-state index in [1.807, 2.05) is 31.2 Å². The lowest BCUT2D eigenvalue weighted by molar-refractivity contribution is 0.535. The monoisotopic (exact) mass is 299 g/mol. The van der Waals surface area contributed by atoms with Gasteiger partial charge in [0.15, 0.2) is 5.01 Å². The highest BCUT2D eigenvalue weighted by Crippen LogP contribution is 2.31. The van der Waals surface area contributed by atoms with Crippen molar-refractivity contribution in [1.29, 1.82) is 0 Å². The maximum atomic E-state index is 5.34. The Morgan fingerprint density at radius 1 is 1.19 bits per heavy atom. The highest BCUT2D eigenvalue weighted by molar-refractivity contribution is 7.14. The summed E-state index contributed by atoms with van der Waals surface area (Å²) in [5.41, 5.74) is 2.22. The third-order valence-corrected chi connectivity index (χ3v) is 4.34. The molecule has 108 valence electrons. The van der Waals surface area contributed by atoms with Crippen LogP contribution in [-0.4, -0.2) is 16.7 Å². The van der Waals surface area contributed by atoms with E-state index in [1.54, 1.807) is 17.6 Å². The van der Waals surface area contributed by atoms with Crippen molar-refractivity contribution in [2.75, 3.05) is 6.54 Å². The molecule has 2 aromatic heterocycles. The Morgan fingerprint density at radius 3 is 2.67 bits per heavy atom. The van der Waals surface area contributed by atoms with Gasteiger partial charge >= 0.3 is 0 Å². The molecule has 1 aromatic carbocycles. The minimum atomic E-state index is 0.0784. The molecule has 0 aliphatic heterocycles. The van der Waals surface area contributed by atoms with Crippen molar-refractivity contribution in [2.45, 2.75) is 19.9 Å². The zero-order valence-electron chi connectivity index (χ0n) is 12.0. The Bertz CT molecular complexity index is 705. The molecule has 5 heteroatoms. The Kier molecular flexibility index (Phi) is 4.13. The molecule has 0 bridgehead atoms. The van der Waals surface area contributed by atoms with Crippen LogP contribution < -0.4 is 5.32 Å². The summed E-state index contributed by atoms with van der Waals surface area (Å²) < 4.78 is 5.34. The van der Waals surface area contributed by atoms with Crippen molar-refractivity contribution in [3.05, 3.63) is 59.0 Å². The molecule has 3 aromatic rings. The van der Waals surface area contributed by atoms with Gasteiger partial charge in [0, 0.05) is 0 Å². The van der Waals surface area contributed by atoms with Crippen LogP contribution in [0, 0.1) is 6.92 Å². The van der Waals surface area contributed by atoms with Crippen LogP contribution in [0.15, 0.2) is 47.1 Å². The molecule has 4 nitrogen and oxygen atoms in total. The Labute approximate surface area is 127 Å². The number of hydrogen-bond donors (Lipinski definition) is 1. The Balaban J connectivity index is 1.94. The molecule has 0 aliphatic carbocycles. The predicted octanol–water partition coefficient (Wildman–Crippen LogP) is 3.81. The summed E-state index contributed by atoms with van der Waals surface area (Å²) >= 11 is 1.60. The normalized spacial score (nSPS) is 12.5. The molecule has 0 amide bonds. The first-order chi connectivity index (χ1) is 10.3. The van der Waals surface area contributed by atoms with Crippen LogP contribution in [-0.2, 0) is 0 Å². The summed E-state index contributed by atoms with van der Waals surface area (Å²) in [6.07, 6.45) is 1.69. The maximum absolute atomic E-state index is 5.34. The topological polar surface area (TPSA) is 51.0 Å². The summed E-state index contributed by atoms with van der Waals surface area (Å²) in [7, 11) is 0. The smallest absolute Gasteiger partial charge is 0.151 e. The molecule has 0 saturated heterocycles. The van der Waals surface area contributed by atoms with Gasteiger partial charge < -0.3 is 9.73 Å². The first-order valence-electron chi connectivity index (χ1n) is 6.95. The van der Waals surface area contributed by atoms with Gasteiger partial charge in [-0.25, -0.2) is 0 Å². The lowest BCUT2D eigenvalue weighted by Crippen LogP contribution is -2.21. The third kappa shape index (κ3) is 2.89. The fourth-order valence-electron chi connectivity index (χ4n) is 2.26. The molecule has 0 radical (unpaired) electrons. The van der Waals surface area contributed by atoms with E-state index in [0.29, 0.717) is 0 Å². The highest BCUT2D eigenvalue weighted by Gasteiger charge is 2.19. The lowest BCUT2D eigenvalue weighted by atomic mass is 10.1. The minimum Gasteiger partial charge on any atom is -0.469 e. The minimum absolute atomic E-state index is 0.0784. The second-order valence-electron chi connectivity index (χ2n) is 4.74. The first-order valence-corrected chi connectivity index (χ1v) is 7.77. The Hall–Kier alpha value is -1.98. The largest absolute Gasteiger partial charge is 0.469 e. The molecule has 0 fully saturated rings. The van der Waals surface area contributed by atoms with Gasteiger partial charge in [0.05, 0.1) is 17.9 Å². The summed E-state index contributed by atoms with van der Waals surface area (Å²) in [4.78, 5) is 0. The standard InChI is InChI=1S/C16H17N3OS/c1-3-17-14(12-7-5-4-6-8-12)16-19-18-15(21-16)13-9-10-20-11(13)2/h4-10,14,17H,3H2,1-2H3. The van der Waals surface area contributed by atoms with Crippen molar-refractivity contribution in [1.82, 2.24) is 15.5 Å². The van der Waals surface area contributed by atoms with Crippen LogP contribution in [0.5, 0.6) is 0 Å². The highest BCUT2D eigenvalue weighted by atomic mass is 32.1. The van der Waals surface area contributed by atoms with Crippen LogP contribution >= 0.6 is 11.3 Å². The SMILES string of the molecule is CCNC(c1ccccc1)c1nnc(-c2ccoc2C)s1. The average Bonchev–Trinajstić information content (AvgIpc) is 3.14. The van der Waals surface area contributed by atoms with E-state index in [4.69, 9.17) is 4.42 Å². The van der Waals surface area contributed by atoms with E-state index < -0.39 is 0 Å². The lowest BCUT2D eigenvalue weighted by Gasteiger charge is -2.14. The van der Waals surface area contributed by atoms with Gasteiger partial charge in [0.25, 0.3) is 0 Å². The third-order valence-electron chi connectivity index (χ3n) is 3.32. The van der Waals surface area contributed by atoms with Gasteiger partial charge in [0.1, 0.15) is 10.8 Å². The van der Waals surface area contributed by atoms with Gasteiger partial charge in [-0.05, 0) is 25.1 Å². The van der Waals surface area contributed by atoms with Crippen molar-refractivity contribution >= 4 is 11.3 Å². The molecule has 21 heavy (non-hydrogen) atoms. The molecule has 3 rings (SSSR count). The number of rotatable bonds is 5. The first kappa shape index (κ1) is 14.0. The molecule has 1 unspecified atom stereocenters. The summed E-state index contributed by atoms with van der Waals surface area (Å²) in [5.74, 6) is 0.873. The van der Waals surface area contributed by atoms with Crippen LogP contribution in [0.2, 0.25) is 0 Å². The van der Waals surface area contributed by atoms with Gasteiger partial charge in [0.2, 0.25) is 0 Å². The number of nitrogens with one attached hydrogen (secondary N) is 1. The van der Waals surface area contributed by atoms with E-state index in [9.17, 15) is 0 Å². The van der Waals surface area contributed by atoms with Gasteiger partial charge in [-0.2, -0.15) is 0 Å². The van der Waals surface area contributed by atoms with Gasteiger partial charge in [-0.3, -0.25) is 0 Å². The molecule has 1 atom stereocenters. The molecule has 2 heterocycles. The number of aromatic nitrogens is 2. The molecular weight excluding hydrogens is 282 g/mol. The summed E-state index contributed by atoms with van der Waals surface area (Å²) in [5, 5.41) is 14.0. The summed E-state index contributed by atoms with van der Waals surface area (Å²) in [6, 6.07) is 12.3. The molecule has 0 spiro atoms. The second-order valence-corrected chi connectivity index (χ2v) is 5.75. The van der Waals surface area contributed by atoms with Crippen molar-refractivity contribution < 1.29 is 4.42 Å². The van der Waals surface area contributed by atoms with Crippen molar-refractivity contribution in [2.24, 2.45) is 0 Å². The molecular formula is C16H17N3OS. The zero-order chi connectivity index (χ0) is 14.7. The molecule has 0 saturated carbocycles. The number of hydrogen-bond acceptors (Lipinski definition) is 5. The summed E-state index contributed by atoms with van der Waals surface area (Å²) in [6.45, 7) is 4.91. The Morgan fingerprint density at radius 2 is 2.00 bits per heavy atom. The maximum Gasteiger partial charge on any atom is 0.151 e.